The van der Waals surface area contributed by atoms with Crippen molar-refractivity contribution in [2.24, 2.45) is 0 Å². The summed E-state index contributed by atoms with van der Waals surface area (Å²) < 4.78 is 0. The molecule has 0 spiro atoms. The molecule has 0 fully saturated rings. The van der Waals surface area contributed by atoms with Crippen molar-refractivity contribution in [3.05, 3.63) is 0 Å². The van der Waals surface area contributed by atoms with Gasteiger partial charge in [0.25, 0.3) is 0 Å². The fraction of sp³-hybridized carbons (Fsp3) is 1.00. The molecule has 0 nitrogen and oxygen atoms in total. The van der Waals surface area contributed by atoms with Crippen LogP contribution in [0.5, 0.6) is 0 Å². The zero-order valence-corrected chi connectivity index (χ0v) is 13.8. The Morgan fingerprint density at radius 1 is 0.833 bits per heavy atom. The SMILES string of the molecule is C[Si](C)C.[U].[U]. The first kappa shape index (κ1) is 15.8. The summed E-state index contributed by atoms with van der Waals surface area (Å²) in [7, 11) is 0.120. The average molecular weight is 549 g/mol. The quantitative estimate of drug-likeness (QED) is 0.401. The van der Waals surface area contributed by atoms with Crippen LogP contribution in [0.4, 0.5) is 0 Å². The molecule has 0 rings (SSSR count). The van der Waals surface area contributed by atoms with Gasteiger partial charge in [-0.2, -0.15) is 0 Å². The van der Waals surface area contributed by atoms with Gasteiger partial charge in [-0.1, -0.05) is 19.6 Å². The average Bonchev–Trinajstić information content (AvgIpc) is 0.811. The van der Waals surface area contributed by atoms with Crippen molar-refractivity contribution < 1.29 is 62.2 Å². The first-order chi connectivity index (χ1) is 1.73. The standard InChI is InChI=1S/C3H9Si.2U/c1-4(2)3;;/h1-3H3;;. The maximum Gasteiger partial charge on any atom is 0.0379 e. The fourth-order valence-electron chi connectivity index (χ4n) is 0. The summed E-state index contributed by atoms with van der Waals surface area (Å²) in [6.07, 6.45) is 0. The number of hydrogen-bond donors (Lipinski definition) is 0. The van der Waals surface area contributed by atoms with E-state index in [0.717, 1.165) is 0 Å². The maximum absolute atomic E-state index is 2.27. The van der Waals surface area contributed by atoms with Crippen LogP contribution in [0.15, 0.2) is 0 Å². The van der Waals surface area contributed by atoms with Crippen LogP contribution in [0.25, 0.3) is 0 Å². The largest absolute Gasteiger partial charge is 0.0715 e. The van der Waals surface area contributed by atoms with Gasteiger partial charge in [0.05, 0.1) is 0 Å². The van der Waals surface area contributed by atoms with Gasteiger partial charge in [-0.3, -0.25) is 0 Å². The van der Waals surface area contributed by atoms with Crippen LogP contribution >= 0.6 is 0 Å². The van der Waals surface area contributed by atoms with E-state index >= 15 is 0 Å². The van der Waals surface area contributed by atoms with Crippen molar-refractivity contribution in [2.45, 2.75) is 19.6 Å². The molecule has 0 atom stereocenters. The Kier molecular flexibility index (Phi) is 27.1. The molecule has 6 heavy (non-hydrogen) atoms. The van der Waals surface area contributed by atoms with Crippen molar-refractivity contribution in [2.75, 3.05) is 0 Å². The third-order valence-corrected chi connectivity index (χ3v) is 0. The van der Waals surface area contributed by atoms with Gasteiger partial charge in [0.15, 0.2) is 0 Å². The monoisotopic (exact) mass is 549 g/mol. The normalized spacial score (nSPS) is 6.00. The van der Waals surface area contributed by atoms with Gasteiger partial charge in [-0.15, -0.1) is 0 Å². The number of rotatable bonds is 0. The summed E-state index contributed by atoms with van der Waals surface area (Å²) >= 11 is 0. The Bertz CT molecular complexity index is 13.5. The molecule has 0 amide bonds. The van der Waals surface area contributed by atoms with Gasteiger partial charge in [-0.05, 0) is 0 Å². The molecule has 0 aromatic carbocycles. The van der Waals surface area contributed by atoms with Gasteiger partial charge in [0.2, 0.25) is 0 Å². The van der Waals surface area contributed by atoms with Crippen molar-refractivity contribution >= 4 is 8.80 Å². The Balaban J connectivity index is -0.0000000450. The second-order valence-electron chi connectivity index (χ2n) is 1.50. The molecule has 0 aliphatic heterocycles. The summed E-state index contributed by atoms with van der Waals surface area (Å²) in [4.78, 5) is 0. The van der Waals surface area contributed by atoms with Crippen LogP contribution in [0.1, 0.15) is 0 Å². The Morgan fingerprint density at radius 2 is 0.833 bits per heavy atom. The van der Waals surface area contributed by atoms with Crippen LogP contribution in [0.3, 0.4) is 0 Å². The Hall–Kier alpha value is 2.32. The molecular formula is C3H9SiU2. The fourth-order valence-corrected chi connectivity index (χ4v) is 0. The van der Waals surface area contributed by atoms with E-state index in [1.807, 2.05) is 0 Å². The topological polar surface area (TPSA) is 0 Å². The number of hydrogen-bond acceptors (Lipinski definition) is 0. The van der Waals surface area contributed by atoms with Gasteiger partial charge in [0.1, 0.15) is 0 Å². The molecule has 0 aliphatic rings. The summed E-state index contributed by atoms with van der Waals surface area (Å²) in [5.41, 5.74) is 0. The van der Waals surface area contributed by atoms with Crippen LogP contribution < -0.4 is 0 Å². The molecule has 0 aromatic heterocycles. The smallest absolute Gasteiger partial charge is 0.0379 e. The van der Waals surface area contributed by atoms with E-state index < -0.39 is 0 Å². The van der Waals surface area contributed by atoms with E-state index in [1.165, 1.54) is 0 Å². The zero-order chi connectivity index (χ0) is 3.58. The van der Waals surface area contributed by atoms with Gasteiger partial charge in [-0.25, -0.2) is 0 Å². The van der Waals surface area contributed by atoms with E-state index in [9.17, 15) is 0 Å². The van der Waals surface area contributed by atoms with Crippen molar-refractivity contribution in [3.63, 3.8) is 0 Å². The minimum Gasteiger partial charge on any atom is -0.0715 e. The first-order valence-corrected chi connectivity index (χ1v) is 4.50. The molecule has 0 aliphatic carbocycles. The molecule has 0 bridgehead atoms. The van der Waals surface area contributed by atoms with E-state index in [-0.39, 0.29) is 71.0 Å². The Morgan fingerprint density at radius 3 is 0.833 bits per heavy atom. The summed E-state index contributed by atoms with van der Waals surface area (Å²) in [6, 6.07) is 0. The molecule has 0 saturated heterocycles. The van der Waals surface area contributed by atoms with Crippen LogP contribution in [0.2, 0.25) is 19.6 Å². The van der Waals surface area contributed by atoms with Crippen LogP contribution in [-0.4, -0.2) is 8.80 Å². The second-order valence-corrected chi connectivity index (χ2v) is 4.50. The van der Waals surface area contributed by atoms with Crippen molar-refractivity contribution in [1.29, 1.82) is 0 Å². The zero-order valence-electron chi connectivity index (χ0n) is 4.50. The van der Waals surface area contributed by atoms with E-state index in [4.69, 9.17) is 0 Å². The molecule has 33 valence electrons. The second kappa shape index (κ2) is 10.3. The van der Waals surface area contributed by atoms with Crippen LogP contribution in [0, 0.1) is 62.2 Å². The van der Waals surface area contributed by atoms with Crippen LogP contribution in [-0.2, 0) is 0 Å². The summed E-state index contributed by atoms with van der Waals surface area (Å²) in [6.45, 7) is 6.81. The van der Waals surface area contributed by atoms with Gasteiger partial charge >= 0.3 is 0 Å². The summed E-state index contributed by atoms with van der Waals surface area (Å²) in [5, 5.41) is 0. The van der Waals surface area contributed by atoms with E-state index in [1.54, 1.807) is 0 Å². The van der Waals surface area contributed by atoms with Gasteiger partial charge < -0.3 is 0 Å². The predicted octanol–water partition coefficient (Wildman–Crippen LogP) is 1.37. The molecule has 0 aromatic rings. The maximum atomic E-state index is 2.27. The molecule has 0 N–H and O–H groups in total. The molecule has 1 radical (unpaired) electrons. The predicted molar refractivity (Wildman–Crippen MR) is 23.3 cm³/mol. The molecule has 0 unspecified atom stereocenters. The summed E-state index contributed by atoms with van der Waals surface area (Å²) in [5.74, 6) is 0. The Labute approximate surface area is 89.2 Å². The molecule has 0 saturated carbocycles. The van der Waals surface area contributed by atoms with Crippen molar-refractivity contribution in [3.8, 4) is 0 Å². The minimum atomic E-state index is 0. The minimum absolute atomic E-state index is 0. The van der Waals surface area contributed by atoms with E-state index in [0.29, 0.717) is 0 Å². The molecule has 3 heteroatoms. The van der Waals surface area contributed by atoms with Crippen molar-refractivity contribution in [1.82, 2.24) is 0 Å². The molecular weight excluding hydrogens is 540 g/mol. The third-order valence-electron chi connectivity index (χ3n) is 0. The third kappa shape index (κ3) is 33.2. The molecule has 0 heterocycles. The first-order valence-electron chi connectivity index (χ1n) is 1.50. The van der Waals surface area contributed by atoms with Gasteiger partial charge in [0, 0.05) is 71.0 Å². The van der Waals surface area contributed by atoms with E-state index in [2.05, 4.69) is 19.6 Å².